The topological polar surface area (TPSA) is 61.8 Å². The van der Waals surface area contributed by atoms with Crippen LogP contribution in [-0.2, 0) is 4.79 Å². The number of hydrogen-bond donors (Lipinski definition) is 0. The molecule has 0 fully saturated rings. The summed E-state index contributed by atoms with van der Waals surface area (Å²) >= 11 is 0. The fraction of sp³-hybridized carbons (Fsp3) is 0.333. The molecule has 2 aliphatic rings. The van der Waals surface area contributed by atoms with Gasteiger partial charge in [0.2, 0.25) is 0 Å². The zero-order chi connectivity index (χ0) is 18.5. The lowest BCUT2D eigenvalue weighted by Gasteiger charge is -2.36. The first-order chi connectivity index (χ1) is 12.4. The van der Waals surface area contributed by atoms with E-state index in [4.69, 9.17) is 14.2 Å². The van der Waals surface area contributed by atoms with Gasteiger partial charge in [-0.2, -0.15) is 0 Å². The minimum atomic E-state index is -0.605. The minimum absolute atomic E-state index is 0.0368. The van der Waals surface area contributed by atoms with Gasteiger partial charge in [0.05, 0.1) is 25.5 Å². The Bertz CT molecular complexity index is 913. The molecule has 2 aliphatic heterocycles. The number of benzene rings is 2. The van der Waals surface area contributed by atoms with Crippen molar-refractivity contribution in [3.63, 3.8) is 0 Å². The molecule has 2 aromatic carbocycles. The van der Waals surface area contributed by atoms with Crippen LogP contribution in [0.4, 0.5) is 0 Å². The molecule has 0 aromatic heterocycles. The number of Topliss-reactive ketones (excluding diaryl/α,β-unsaturated/α-hetero) is 1. The van der Waals surface area contributed by atoms with E-state index in [-0.39, 0.29) is 24.1 Å². The highest BCUT2D eigenvalue weighted by atomic mass is 16.5. The van der Waals surface area contributed by atoms with Crippen LogP contribution in [0.25, 0.3) is 0 Å². The first-order valence-electron chi connectivity index (χ1n) is 8.62. The van der Waals surface area contributed by atoms with E-state index in [2.05, 4.69) is 0 Å². The average molecular weight is 352 g/mol. The van der Waals surface area contributed by atoms with Crippen LogP contribution >= 0.6 is 0 Å². The second kappa shape index (κ2) is 5.87. The molecule has 5 heteroatoms. The molecule has 0 spiro atoms. The van der Waals surface area contributed by atoms with Crippen molar-refractivity contribution in [2.75, 3.05) is 7.11 Å². The van der Waals surface area contributed by atoms with Crippen LogP contribution in [-0.4, -0.2) is 24.5 Å². The molecule has 2 heterocycles. The first-order valence-corrected chi connectivity index (χ1v) is 8.62. The lowest BCUT2D eigenvalue weighted by Crippen LogP contribution is -2.37. The van der Waals surface area contributed by atoms with E-state index >= 15 is 0 Å². The third-order valence-corrected chi connectivity index (χ3v) is 4.88. The van der Waals surface area contributed by atoms with Crippen LogP contribution in [0.5, 0.6) is 17.2 Å². The molecule has 0 saturated carbocycles. The maximum absolute atomic E-state index is 12.6. The van der Waals surface area contributed by atoms with Gasteiger partial charge >= 0.3 is 5.97 Å². The second-order valence-corrected chi connectivity index (χ2v) is 7.29. The molecular weight excluding hydrogens is 332 g/mol. The molecule has 26 heavy (non-hydrogen) atoms. The first kappa shape index (κ1) is 16.6. The number of esters is 1. The zero-order valence-corrected chi connectivity index (χ0v) is 15.0. The van der Waals surface area contributed by atoms with Crippen molar-refractivity contribution in [1.82, 2.24) is 0 Å². The third kappa shape index (κ3) is 2.64. The number of fused-ring (bicyclic) bond motifs is 3. The molecule has 0 aliphatic carbocycles. The Morgan fingerprint density at radius 3 is 2.65 bits per heavy atom. The summed E-state index contributed by atoms with van der Waals surface area (Å²) in [6, 6.07) is 11.0. The van der Waals surface area contributed by atoms with Gasteiger partial charge in [-0.25, -0.2) is 0 Å². The number of carbonyl (C=O) groups is 2. The maximum atomic E-state index is 12.6. The number of ether oxygens (including phenoxy) is 3. The van der Waals surface area contributed by atoms with Gasteiger partial charge in [-0.3, -0.25) is 9.59 Å². The van der Waals surface area contributed by atoms with Crippen molar-refractivity contribution in [3.8, 4) is 17.2 Å². The predicted molar refractivity (Wildman–Crippen MR) is 95.2 cm³/mol. The third-order valence-electron chi connectivity index (χ3n) is 4.88. The summed E-state index contributed by atoms with van der Waals surface area (Å²) in [6.45, 7) is 3.78. The maximum Gasteiger partial charge on any atom is 0.312 e. The summed E-state index contributed by atoms with van der Waals surface area (Å²) in [6.07, 6.45) is 0.486. The number of hydrogen-bond acceptors (Lipinski definition) is 5. The van der Waals surface area contributed by atoms with E-state index in [1.54, 1.807) is 19.2 Å². The van der Waals surface area contributed by atoms with E-state index in [1.165, 1.54) is 0 Å². The zero-order valence-electron chi connectivity index (χ0n) is 15.0. The van der Waals surface area contributed by atoms with Gasteiger partial charge in [-0.05, 0) is 32.0 Å². The molecule has 0 N–H and O–H groups in total. The second-order valence-electron chi connectivity index (χ2n) is 7.29. The van der Waals surface area contributed by atoms with Crippen molar-refractivity contribution in [1.29, 1.82) is 0 Å². The monoisotopic (exact) mass is 352 g/mol. The molecule has 0 amide bonds. The Kier molecular flexibility index (Phi) is 3.75. The van der Waals surface area contributed by atoms with Crippen LogP contribution in [0.1, 0.15) is 54.1 Å². The molecule has 2 aromatic rings. The smallest absolute Gasteiger partial charge is 0.312 e. The number of ketones is 1. The summed E-state index contributed by atoms with van der Waals surface area (Å²) in [5.41, 5.74) is 1.56. The van der Waals surface area contributed by atoms with E-state index in [1.807, 2.05) is 38.1 Å². The average Bonchev–Trinajstić information content (AvgIpc) is 2.59. The predicted octanol–water partition coefficient (Wildman–Crippen LogP) is 3.88. The Labute approximate surface area is 151 Å². The Hall–Kier alpha value is -2.82. The van der Waals surface area contributed by atoms with Gasteiger partial charge in [-0.1, -0.05) is 18.2 Å². The highest BCUT2D eigenvalue weighted by Gasteiger charge is 2.40. The van der Waals surface area contributed by atoms with Crippen LogP contribution < -0.4 is 14.2 Å². The summed E-state index contributed by atoms with van der Waals surface area (Å²) in [5, 5.41) is 0. The van der Waals surface area contributed by atoms with E-state index in [0.29, 0.717) is 29.2 Å². The van der Waals surface area contributed by atoms with E-state index in [0.717, 1.165) is 11.1 Å². The SMILES string of the molecule is COc1ccccc1[C@H]1CC(=O)Oc2ccc3c(c21)OC(C)(C)CC3=O. The van der Waals surface area contributed by atoms with Crippen molar-refractivity contribution in [3.05, 3.63) is 53.1 Å². The minimum Gasteiger partial charge on any atom is -0.496 e. The molecule has 1 atom stereocenters. The van der Waals surface area contributed by atoms with Gasteiger partial charge < -0.3 is 14.2 Å². The van der Waals surface area contributed by atoms with Crippen molar-refractivity contribution in [2.45, 2.75) is 38.2 Å². The Morgan fingerprint density at radius 1 is 1.12 bits per heavy atom. The number of methoxy groups -OCH3 is 1. The highest BCUT2D eigenvalue weighted by molar-refractivity contribution is 6.01. The van der Waals surface area contributed by atoms with Crippen molar-refractivity contribution >= 4 is 11.8 Å². The number of carbonyl (C=O) groups excluding carboxylic acids is 2. The van der Waals surface area contributed by atoms with Crippen LogP contribution in [0.15, 0.2) is 36.4 Å². The lowest BCUT2D eigenvalue weighted by molar-refractivity contribution is -0.135. The van der Waals surface area contributed by atoms with Crippen molar-refractivity contribution in [2.24, 2.45) is 0 Å². The largest absolute Gasteiger partial charge is 0.496 e. The van der Waals surface area contributed by atoms with Gasteiger partial charge in [0, 0.05) is 17.0 Å². The molecule has 0 unspecified atom stereocenters. The molecule has 0 bridgehead atoms. The molecule has 0 radical (unpaired) electrons. The molecule has 4 rings (SSSR count). The van der Waals surface area contributed by atoms with E-state index in [9.17, 15) is 9.59 Å². The summed E-state index contributed by atoms with van der Waals surface area (Å²) < 4.78 is 17.1. The Morgan fingerprint density at radius 2 is 1.88 bits per heavy atom. The van der Waals surface area contributed by atoms with Crippen LogP contribution in [0, 0.1) is 0 Å². The van der Waals surface area contributed by atoms with Gasteiger partial charge in [0.1, 0.15) is 22.8 Å². The summed E-state index contributed by atoms with van der Waals surface area (Å²) in [7, 11) is 1.60. The number of para-hydroxylation sites is 1. The highest BCUT2D eigenvalue weighted by Crippen LogP contribution is 2.50. The fourth-order valence-electron chi connectivity index (χ4n) is 3.78. The fourth-order valence-corrected chi connectivity index (χ4v) is 3.78. The van der Waals surface area contributed by atoms with Crippen LogP contribution in [0.2, 0.25) is 0 Å². The molecule has 134 valence electrons. The van der Waals surface area contributed by atoms with Gasteiger partial charge in [-0.15, -0.1) is 0 Å². The molecule has 0 saturated heterocycles. The quantitative estimate of drug-likeness (QED) is 0.606. The van der Waals surface area contributed by atoms with E-state index < -0.39 is 5.60 Å². The standard InChI is InChI=1S/C21H20O5/c1-21(2)11-15(22)13-8-9-17-19(20(13)26-21)14(10-18(23)25-17)12-6-4-5-7-16(12)24-3/h4-9,14H,10-11H2,1-3H3/t14-/m1/s1. The summed E-state index contributed by atoms with van der Waals surface area (Å²) in [4.78, 5) is 24.8. The van der Waals surface area contributed by atoms with Gasteiger partial charge in [0.25, 0.3) is 0 Å². The molecule has 5 nitrogen and oxygen atoms in total. The summed E-state index contributed by atoms with van der Waals surface area (Å²) in [5.74, 6) is 1.09. The Balaban J connectivity index is 1.95. The van der Waals surface area contributed by atoms with Crippen LogP contribution in [0.3, 0.4) is 0 Å². The molecular formula is C21H20O5. The van der Waals surface area contributed by atoms with Crippen molar-refractivity contribution < 1.29 is 23.8 Å². The normalized spacial score (nSPS) is 20.5. The lowest BCUT2D eigenvalue weighted by atomic mass is 9.82. The number of rotatable bonds is 2. The van der Waals surface area contributed by atoms with Gasteiger partial charge in [0.15, 0.2) is 5.78 Å².